The second kappa shape index (κ2) is 2.92. The molecule has 5 unspecified atom stereocenters. The Balaban J connectivity index is 1.95. The summed E-state index contributed by atoms with van der Waals surface area (Å²) in [5.74, 6) is 0.627. The van der Waals surface area contributed by atoms with Crippen molar-refractivity contribution in [2.75, 3.05) is 6.61 Å². The Hall–Kier alpha value is -0.160. The predicted molar refractivity (Wildman–Crippen MR) is 47.6 cm³/mol. The zero-order valence-electron chi connectivity index (χ0n) is 8.42. The summed E-state index contributed by atoms with van der Waals surface area (Å²) in [4.78, 5) is 0. The fourth-order valence-electron chi connectivity index (χ4n) is 2.98. The van der Waals surface area contributed by atoms with Gasteiger partial charge in [-0.3, -0.25) is 0 Å². The maximum atomic E-state index is 9.69. The zero-order valence-corrected chi connectivity index (χ0v) is 8.42. The first-order chi connectivity index (χ1) is 6.68. The third-order valence-corrected chi connectivity index (χ3v) is 3.80. The zero-order chi connectivity index (χ0) is 9.87. The minimum atomic E-state index is -0.781. The highest BCUT2D eigenvalue weighted by Gasteiger charge is 2.55. The lowest BCUT2D eigenvalue weighted by Gasteiger charge is -2.38. The Labute approximate surface area is 83.1 Å². The van der Waals surface area contributed by atoms with E-state index in [1.165, 1.54) is 0 Å². The van der Waals surface area contributed by atoms with Crippen molar-refractivity contribution in [2.45, 2.75) is 44.6 Å². The van der Waals surface area contributed by atoms with E-state index in [-0.39, 0.29) is 30.3 Å². The van der Waals surface area contributed by atoms with Gasteiger partial charge in [-0.2, -0.15) is 0 Å². The van der Waals surface area contributed by atoms with Gasteiger partial charge in [0.1, 0.15) is 12.2 Å². The molecule has 3 saturated heterocycles. The number of hydrogen-bond acceptors (Lipinski definition) is 4. The number of aliphatic hydroxyl groups is 1. The molecule has 14 heavy (non-hydrogen) atoms. The van der Waals surface area contributed by atoms with Gasteiger partial charge in [-0.15, -0.1) is 0 Å². The molecule has 4 heteroatoms. The van der Waals surface area contributed by atoms with Crippen molar-refractivity contribution in [3.63, 3.8) is 0 Å². The highest BCUT2D eigenvalue weighted by molar-refractivity contribution is 5.00. The largest absolute Gasteiger partial charge is 0.369 e. The monoisotopic (exact) mass is 200 g/mol. The number of fused-ring (bicyclic) bond motifs is 2. The molecule has 3 bridgehead atoms. The molecular weight excluding hydrogens is 184 g/mol. The van der Waals surface area contributed by atoms with E-state index in [4.69, 9.17) is 14.2 Å². The Morgan fingerprint density at radius 1 is 1.00 bits per heavy atom. The van der Waals surface area contributed by atoms with Crippen molar-refractivity contribution in [1.29, 1.82) is 0 Å². The second-order valence-electron chi connectivity index (χ2n) is 4.65. The van der Waals surface area contributed by atoms with Crippen LogP contribution in [0.4, 0.5) is 0 Å². The van der Waals surface area contributed by atoms with Crippen LogP contribution in [0.1, 0.15) is 13.8 Å². The van der Waals surface area contributed by atoms with Crippen molar-refractivity contribution < 1.29 is 19.3 Å². The van der Waals surface area contributed by atoms with Gasteiger partial charge in [0.2, 0.25) is 0 Å². The van der Waals surface area contributed by atoms with Gasteiger partial charge in [-0.1, -0.05) is 13.8 Å². The summed E-state index contributed by atoms with van der Waals surface area (Å²) < 4.78 is 17.0. The van der Waals surface area contributed by atoms with Crippen LogP contribution >= 0.6 is 0 Å². The molecule has 3 fully saturated rings. The standard InChI is InChI=1S/C10H16O4/c1-4-7-5(2)9-10(11)12-3-6(13-7)8(4)14-9/h4-11H,3H2,1-2H3/t4?,5?,6?,7?,8-,9-,10?/m1/s1. The summed E-state index contributed by atoms with van der Waals surface area (Å²) in [6.45, 7) is 4.66. The van der Waals surface area contributed by atoms with Gasteiger partial charge >= 0.3 is 0 Å². The Kier molecular flexibility index (Phi) is 1.89. The van der Waals surface area contributed by atoms with Crippen LogP contribution in [0.5, 0.6) is 0 Å². The Morgan fingerprint density at radius 3 is 2.50 bits per heavy atom. The van der Waals surface area contributed by atoms with E-state index in [2.05, 4.69) is 13.8 Å². The van der Waals surface area contributed by atoms with Gasteiger partial charge in [0.05, 0.1) is 18.8 Å². The third kappa shape index (κ3) is 1.03. The van der Waals surface area contributed by atoms with Gasteiger partial charge < -0.3 is 19.3 Å². The summed E-state index contributed by atoms with van der Waals surface area (Å²) in [6, 6.07) is 0. The average molecular weight is 200 g/mol. The van der Waals surface area contributed by atoms with E-state index in [9.17, 15) is 5.11 Å². The van der Waals surface area contributed by atoms with E-state index in [0.717, 1.165) is 0 Å². The fraction of sp³-hybridized carbons (Fsp3) is 1.00. The molecular formula is C10H16O4. The topological polar surface area (TPSA) is 47.9 Å². The molecule has 0 saturated carbocycles. The van der Waals surface area contributed by atoms with Crippen LogP contribution in [0.15, 0.2) is 0 Å². The molecule has 80 valence electrons. The van der Waals surface area contributed by atoms with Crippen LogP contribution < -0.4 is 0 Å². The minimum absolute atomic E-state index is 0.0135. The molecule has 0 aromatic rings. The molecule has 3 heterocycles. The lowest BCUT2D eigenvalue weighted by molar-refractivity contribution is -0.220. The molecule has 4 nitrogen and oxygen atoms in total. The SMILES string of the molecule is CC1C2OC3COC(O)[C@@H]1O[C@@H]3C2C. The maximum absolute atomic E-state index is 9.69. The van der Waals surface area contributed by atoms with E-state index >= 15 is 0 Å². The quantitative estimate of drug-likeness (QED) is 0.604. The Morgan fingerprint density at radius 2 is 1.71 bits per heavy atom. The molecule has 7 atom stereocenters. The van der Waals surface area contributed by atoms with E-state index in [0.29, 0.717) is 12.5 Å². The van der Waals surface area contributed by atoms with E-state index < -0.39 is 6.29 Å². The smallest absolute Gasteiger partial charge is 0.181 e. The van der Waals surface area contributed by atoms with Gasteiger partial charge in [-0.25, -0.2) is 0 Å². The molecule has 0 aliphatic carbocycles. The fourth-order valence-corrected chi connectivity index (χ4v) is 2.98. The third-order valence-electron chi connectivity index (χ3n) is 3.80. The average Bonchev–Trinajstić information content (AvgIpc) is 2.33. The van der Waals surface area contributed by atoms with E-state index in [1.807, 2.05) is 0 Å². The number of hydrogen-bond donors (Lipinski definition) is 1. The van der Waals surface area contributed by atoms with Crippen LogP contribution in [-0.2, 0) is 14.2 Å². The maximum Gasteiger partial charge on any atom is 0.181 e. The molecule has 0 spiro atoms. The van der Waals surface area contributed by atoms with Crippen molar-refractivity contribution >= 4 is 0 Å². The van der Waals surface area contributed by atoms with Gasteiger partial charge in [0.25, 0.3) is 0 Å². The first-order valence-corrected chi connectivity index (χ1v) is 5.29. The highest BCUT2D eigenvalue weighted by atomic mass is 16.7. The number of ether oxygens (including phenoxy) is 3. The molecule has 0 radical (unpaired) electrons. The van der Waals surface area contributed by atoms with Crippen LogP contribution in [0.25, 0.3) is 0 Å². The van der Waals surface area contributed by atoms with Crippen LogP contribution in [-0.4, -0.2) is 42.4 Å². The predicted octanol–water partition coefficient (Wildman–Crippen LogP) is 0.142. The summed E-state index contributed by atoms with van der Waals surface area (Å²) >= 11 is 0. The summed E-state index contributed by atoms with van der Waals surface area (Å²) in [5, 5.41) is 9.69. The van der Waals surface area contributed by atoms with Crippen LogP contribution in [0.2, 0.25) is 0 Å². The number of rotatable bonds is 0. The molecule has 0 amide bonds. The van der Waals surface area contributed by atoms with Crippen LogP contribution in [0.3, 0.4) is 0 Å². The lowest BCUT2D eigenvalue weighted by Crippen LogP contribution is -2.48. The number of aliphatic hydroxyl groups excluding tert-OH is 1. The van der Waals surface area contributed by atoms with Gasteiger partial charge in [0.15, 0.2) is 6.29 Å². The molecule has 1 N–H and O–H groups in total. The summed E-state index contributed by atoms with van der Waals surface area (Å²) in [5.41, 5.74) is 0. The molecule has 3 aliphatic rings. The van der Waals surface area contributed by atoms with Gasteiger partial charge in [0, 0.05) is 11.8 Å². The normalized spacial score (nSPS) is 61.5. The highest BCUT2D eigenvalue weighted by Crippen LogP contribution is 2.44. The summed E-state index contributed by atoms with van der Waals surface area (Å²) in [7, 11) is 0. The van der Waals surface area contributed by atoms with E-state index in [1.54, 1.807) is 0 Å². The second-order valence-corrected chi connectivity index (χ2v) is 4.65. The molecule has 3 aliphatic heterocycles. The van der Waals surface area contributed by atoms with Crippen molar-refractivity contribution in [1.82, 2.24) is 0 Å². The molecule has 3 rings (SSSR count). The first kappa shape index (κ1) is 9.09. The van der Waals surface area contributed by atoms with Crippen LogP contribution in [0, 0.1) is 11.8 Å². The van der Waals surface area contributed by atoms with Crippen molar-refractivity contribution in [3.8, 4) is 0 Å². The molecule has 0 aromatic carbocycles. The van der Waals surface area contributed by atoms with Gasteiger partial charge in [-0.05, 0) is 0 Å². The minimum Gasteiger partial charge on any atom is -0.369 e. The van der Waals surface area contributed by atoms with Crippen molar-refractivity contribution in [3.05, 3.63) is 0 Å². The Bertz CT molecular complexity index is 242. The summed E-state index contributed by atoms with van der Waals surface area (Å²) in [6.07, 6.45) is -0.648. The lowest BCUT2D eigenvalue weighted by atomic mass is 9.84. The van der Waals surface area contributed by atoms with Crippen molar-refractivity contribution in [2.24, 2.45) is 11.8 Å². The molecule has 0 aromatic heterocycles. The first-order valence-electron chi connectivity index (χ1n) is 5.29.